The number of azo groups is 3. The van der Waals surface area contributed by atoms with Gasteiger partial charge in [0.2, 0.25) is 0 Å². The fourth-order valence-corrected chi connectivity index (χ4v) is 11.4. The number of hydroxylamine groups is 1. The summed E-state index contributed by atoms with van der Waals surface area (Å²) in [6, 6.07) is 74.1. The molecule has 0 atom stereocenters. The minimum atomic E-state index is -0.293. The zero-order valence-electron chi connectivity index (χ0n) is 54.9. The molecule has 0 N–H and O–H groups in total. The Balaban J connectivity index is 0.875. The standard InChI is InChI=1S/C78H68N10O9/c1-85(57-34-40-63(91-4)41-35-57)77(89)69-47-51-17-11-14-20-67(51)72(75(69)95-8)83-80-55-24-30-61(31-25-55)88(60-28-22-54(23-29-60)79-82-71-66-19-13-10-16-50(66)46-53(74(71)94-7)49-97-87(3)59-38-44-65(93-6)45-39-59)62-32-26-56(27-33-62)81-84-73-68-21-15-12-18-52(68)48-70(76(73)96-9)78(90)86(2)58-36-42-64(92-5)43-37-58/h10-48H,49H2,1-9H3. The molecule has 0 spiro atoms. The molecule has 0 aliphatic rings. The highest BCUT2D eigenvalue weighted by Gasteiger charge is 2.26. The number of carbonyl (C=O) groups is 2. The van der Waals surface area contributed by atoms with Crippen molar-refractivity contribution in [2.45, 2.75) is 6.61 Å². The predicted molar refractivity (Wildman–Crippen MR) is 383 cm³/mol. The molecule has 19 heteroatoms. The number of methoxy groups -OCH3 is 6. The maximum absolute atomic E-state index is 14.3. The van der Waals surface area contributed by atoms with Gasteiger partial charge < -0.3 is 43.1 Å². The first-order valence-corrected chi connectivity index (χ1v) is 30.9. The van der Waals surface area contributed by atoms with Crippen molar-refractivity contribution in [2.24, 2.45) is 30.7 Å². The highest BCUT2D eigenvalue weighted by molar-refractivity contribution is 6.14. The van der Waals surface area contributed by atoms with E-state index in [2.05, 4.69) is 4.90 Å². The van der Waals surface area contributed by atoms with Gasteiger partial charge in [0.25, 0.3) is 11.8 Å². The highest BCUT2D eigenvalue weighted by Crippen LogP contribution is 2.46. The topological polar surface area (TPSA) is 186 Å². The Morgan fingerprint density at radius 1 is 0.330 bits per heavy atom. The summed E-state index contributed by atoms with van der Waals surface area (Å²) in [4.78, 5) is 40.1. The van der Waals surface area contributed by atoms with Crippen molar-refractivity contribution in [3.8, 4) is 34.5 Å². The molecule has 0 radical (unpaired) electrons. The van der Waals surface area contributed by atoms with E-state index in [0.29, 0.717) is 73.9 Å². The first-order chi connectivity index (χ1) is 47.4. The summed E-state index contributed by atoms with van der Waals surface area (Å²) in [7, 11) is 14.8. The van der Waals surface area contributed by atoms with Crippen molar-refractivity contribution >= 4 is 112 Å². The Hall–Kier alpha value is -12.5. The molecule has 0 aromatic heterocycles. The van der Waals surface area contributed by atoms with Crippen LogP contribution in [0.15, 0.2) is 267 Å². The van der Waals surface area contributed by atoms with E-state index in [9.17, 15) is 9.59 Å². The third-order valence-corrected chi connectivity index (χ3v) is 16.6. The second-order valence-corrected chi connectivity index (χ2v) is 22.3. The molecule has 0 saturated heterocycles. The monoisotopic (exact) mass is 1290 g/mol. The Kier molecular flexibility index (Phi) is 19.5. The molecule has 19 nitrogen and oxygen atoms in total. The summed E-state index contributed by atoms with van der Waals surface area (Å²) < 4.78 is 34.1. The van der Waals surface area contributed by atoms with Crippen molar-refractivity contribution in [3.05, 3.63) is 253 Å². The number of fused-ring (bicyclic) bond motifs is 3. The van der Waals surface area contributed by atoms with Gasteiger partial charge in [0.15, 0.2) is 17.2 Å². The lowest BCUT2D eigenvalue weighted by Gasteiger charge is -2.25. The summed E-state index contributed by atoms with van der Waals surface area (Å²) in [5.74, 6) is 2.61. The van der Waals surface area contributed by atoms with Gasteiger partial charge in [-0.3, -0.25) is 19.5 Å². The average Bonchev–Trinajstić information content (AvgIpc) is 0.796. The fraction of sp³-hybridized carbons (Fsp3) is 0.128. The predicted octanol–water partition coefficient (Wildman–Crippen LogP) is 20.0. The summed E-state index contributed by atoms with van der Waals surface area (Å²) in [5.41, 5.74) is 9.00. The largest absolute Gasteiger partial charge is 0.497 e. The molecular formula is C78H68N10O9. The van der Waals surface area contributed by atoms with Crippen molar-refractivity contribution < 1.29 is 42.8 Å². The van der Waals surface area contributed by atoms with Crippen LogP contribution < -0.4 is 48.2 Å². The van der Waals surface area contributed by atoms with Crippen LogP contribution >= 0.6 is 0 Å². The Bertz CT molecular complexity index is 4710. The molecule has 0 fully saturated rings. The van der Waals surface area contributed by atoms with Gasteiger partial charge in [-0.05, 0) is 180 Å². The van der Waals surface area contributed by atoms with Crippen molar-refractivity contribution in [2.75, 3.05) is 83.6 Å². The zero-order valence-corrected chi connectivity index (χ0v) is 54.9. The van der Waals surface area contributed by atoms with Gasteiger partial charge >= 0.3 is 0 Å². The van der Waals surface area contributed by atoms with Crippen LogP contribution in [-0.4, -0.2) is 75.6 Å². The van der Waals surface area contributed by atoms with Crippen LogP contribution in [0.2, 0.25) is 0 Å². The maximum atomic E-state index is 14.3. The molecule has 12 rings (SSSR count). The molecule has 0 aliphatic heterocycles. The molecule has 12 aromatic carbocycles. The quantitative estimate of drug-likeness (QED) is 0.0438. The van der Waals surface area contributed by atoms with Crippen LogP contribution in [0.1, 0.15) is 26.3 Å². The van der Waals surface area contributed by atoms with E-state index in [1.54, 1.807) is 81.7 Å². The molecular weight excluding hydrogens is 1220 g/mol. The number of ether oxygens (including phenoxy) is 6. The lowest BCUT2D eigenvalue weighted by molar-refractivity contribution is 0.0982. The van der Waals surface area contributed by atoms with E-state index in [-0.39, 0.29) is 29.9 Å². The number of nitrogens with zero attached hydrogens (tertiary/aromatic N) is 10. The first-order valence-electron chi connectivity index (χ1n) is 30.9. The van der Waals surface area contributed by atoms with Gasteiger partial charge in [-0.15, -0.1) is 15.3 Å². The molecule has 12 aromatic rings. The minimum Gasteiger partial charge on any atom is -0.497 e. The highest BCUT2D eigenvalue weighted by atomic mass is 16.7. The second kappa shape index (κ2) is 29.2. The van der Waals surface area contributed by atoms with Gasteiger partial charge in [-0.2, -0.15) is 15.3 Å². The Morgan fingerprint density at radius 3 is 0.979 bits per heavy atom. The first kappa shape index (κ1) is 64.6. The lowest BCUT2D eigenvalue weighted by atomic mass is 10.0. The average molecular weight is 1290 g/mol. The molecule has 0 unspecified atom stereocenters. The number of benzene rings is 12. The van der Waals surface area contributed by atoms with E-state index in [4.69, 9.17) is 63.9 Å². The van der Waals surface area contributed by atoms with E-state index < -0.39 is 0 Å². The summed E-state index contributed by atoms with van der Waals surface area (Å²) in [6.07, 6.45) is 0. The molecule has 0 saturated carbocycles. The van der Waals surface area contributed by atoms with E-state index >= 15 is 0 Å². The van der Waals surface area contributed by atoms with Gasteiger partial charge in [-0.25, -0.2) is 0 Å². The van der Waals surface area contributed by atoms with E-state index in [1.807, 2.05) is 219 Å². The molecule has 0 aliphatic carbocycles. The number of rotatable bonds is 23. The maximum Gasteiger partial charge on any atom is 0.261 e. The van der Waals surface area contributed by atoms with Crippen LogP contribution in [0.3, 0.4) is 0 Å². The Morgan fingerprint density at radius 2 is 0.639 bits per heavy atom. The smallest absolute Gasteiger partial charge is 0.261 e. The zero-order chi connectivity index (χ0) is 67.5. The van der Waals surface area contributed by atoms with Crippen LogP contribution in [-0.2, 0) is 11.4 Å². The van der Waals surface area contributed by atoms with Crippen LogP contribution in [0, 0.1) is 0 Å². The van der Waals surface area contributed by atoms with E-state index in [1.165, 1.54) is 14.2 Å². The summed E-state index contributed by atoms with van der Waals surface area (Å²) >= 11 is 0. The van der Waals surface area contributed by atoms with Crippen LogP contribution in [0.25, 0.3) is 32.3 Å². The third kappa shape index (κ3) is 13.8. The Labute approximate surface area is 561 Å². The summed E-state index contributed by atoms with van der Waals surface area (Å²) in [6.45, 7) is 0.191. The molecule has 0 heterocycles. The molecule has 0 bridgehead atoms. The van der Waals surface area contributed by atoms with Crippen molar-refractivity contribution in [1.29, 1.82) is 0 Å². The van der Waals surface area contributed by atoms with Crippen LogP contribution in [0.4, 0.5) is 68.2 Å². The number of anilines is 6. The molecule has 484 valence electrons. The van der Waals surface area contributed by atoms with Gasteiger partial charge in [0, 0.05) is 71.3 Å². The normalized spacial score (nSPS) is 11.4. The van der Waals surface area contributed by atoms with Gasteiger partial charge in [0.1, 0.15) is 40.9 Å². The fourth-order valence-electron chi connectivity index (χ4n) is 11.4. The lowest BCUT2D eigenvalue weighted by Crippen LogP contribution is -2.26. The SMILES string of the molecule is COc1ccc(N(C)OCc2cc3ccccc3c(N=Nc3ccc(N(c4ccc(N=Nc5c(OC)c(C(=O)N(C)c6ccc(OC)cc6)cc6ccccc56)cc4)c4ccc(N=Nc5c(OC)c(C(=O)N(C)c6ccc(OC)cc6)cc6ccccc56)cc4)cc3)c2OC)cc1. The molecule has 2 amide bonds. The van der Waals surface area contributed by atoms with Crippen LogP contribution in [0.5, 0.6) is 34.5 Å². The second-order valence-electron chi connectivity index (χ2n) is 22.3. The number of carbonyl (C=O) groups excluding carboxylic acids is 2. The minimum absolute atomic E-state index is 0.191. The molecule has 97 heavy (non-hydrogen) atoms. The number of hydrogen-bond acceptors (Lipinski definition) is 17. The number of amides is 2. The van der Waals surface area contributed by atoms with E-state index in [0.717, 1.165) is 66.4 Å². The van der Waals surface area contributed by atoms with Crippen molar-refractivity contribution in [3.63, 3.8) is 0 Å². The van der Waals surface area contributed by atoms with Gasteiger partial charge in [0.05, 0.1) is 76.5 Å². The number of hydrogen-bond donors (Lipinski definition) is 0. The third-order valence-electron chi connectivity index (χ3n) is 16.6. The summed E-state index contributed by atoms with van der Waals surface area (Å²) in [5, 5.41) is 35.4. The van der Waals surface area contributed by atoms with Crippen molar-refractivity contribution in [1.82, 2.24) is 0 Å². The van der Waals surface area contributed by atoms with Gasteiger partial charge in [-0.1, -0.05) is 72.8 Å².